The summed E-state index contributed by atoms with van der Waals surface area (Å²) >= 11 is 0. The van der Waals surface area contributed by atoms with Gasteiger partial charge in [-0.05, 0) is 13.5 Å². The molecule has 8 heteroatoms. The van der Waals surface area contributed by atoms with E-state index in [2.05, 4.69) is 4.90 Å². The summed E-state index contributed by atoms with van der Waals surface area (Å²) in [5, 5.41) is 0. The van der Waals surface area contributed by atoms with E-state index >= 15 is 0 Å². The average molecular weight is 315 g/mol. The largest absolute Gasteiger partial charge is 0.336 e. The third-order valence-corrected chi connectivity index (χ3v) is 6.06. The van der Waals surface area contributed by atoms with Gasteiger partial charge in [-0.25, -0.2) is 12.7 Å². The smallest absolute Gasteiger partial charge is 0.241 e. The van der Waals surface area contributed by atoms with Gasteiger partial charge in [0.2, 0.25) is 21.8 Å². The summed E-state index contributed by atoms with van der Waals surface area (Å²) in [5.41, 5.74) is 0. The van der Waals surface area contributed by atoms with Crippen LogP contribution >= 0.6 is 0 Å². The van der Waals surface area contributed by atoms with Crippen LogP contribution in [0.2, 0.25) is 0 Å². The summed E-state index contributed by atoms with van der Waals surface area (Å²) in [6.07, 6.45) is 1.60. The van der Waals surface area contributed by atoms with Crippen LogP contribution in [0, 0.1) is 11.8 Å². The minimum absolute atomic E-state index is 0.0108. The van der Waals surface area contributed by atoms with Crippen LogP contribution in [0.5, 0.6) is 0 Å². The van der Waals surface area contributed by atoms with Crippen LogP contribution in [0.3, 0.4) is 0 Å². The number of likely N-dealkylation sites (tertiary alicyclic amines) is 2. The first kappa shape index (κ1) is 14.8. The summed E-state index contributed by atoms with van der Waals surface area (Å²) in [5.74, 6) is -0.774. The van der Waals surface area contributed by atoms with Crippen molar-refractivity contribution in [3.05, 3.63) is 0 Å². The van der Waals surface area contributed by atoms with Crippen molar-refractivity contribution in [2.45, 2.75) is 25.4 Å². The fourth-order valence-electron chi connectivity index (χ4n) is 3.92. The molecular formula is C13H21N3O4S. The molecule has 3 aliphatic heterocycles. The van der Waals surface area contributed by atoms with E-state index in [4.69, 9.17) is 0 Å². The van der Waals surface area contributed by atoms with Gasteiger partial charge in [0, 0.05) is 19.6 Å². The Balaban J connectivity index is 1.83. The normalized spacial score (nSPS) is 34.2. The molecule has 0 aromatic heterocycles. The molecule has 118 valence electrons. The highest BCUT2D eigenvalue weighted by molar-refractivity contribution is 7.88. The van der Waals surface area contributed by atoms with E-state index in [0.29, 0.717) is 13.0 Å². The van der Waals surface area contributed by atoms with Gasteiger partial charge in [0.1, 0.15) is 0 Å². The highest BCUT2D eigenvalue weighted by Crippen LogP contribution is 2.38. The maximum Gasteiger partial charge on any atom is 0.241 e. The molecule has 3 rings (SSSR count). The zero-order valence-corrected chi connectivity index (χ0v) is 13.3. The van der Waals surface area contributed by atoms with Gasteiger partial charge in [0.25, 0.3) is 0 Å². The van der Waals surface area contributed by atoms with Crippen molar-refractivity contribution in [1.29, 1.82) is 0 Å². The van der Waals surface area contributed by atoms with Crippen molar-refractivity contribution in [1.82, 2.24) is 14.1 Å². The van der Waals surface area contributed by atoms with Gasteiger partial charge in [0.05, 0.1) is 30.2 Å². The number of carbonyl (C=O) groups is 2. The molecule has 0 aliphatic carbocycles. The van der Waals surface area contributed by atoms with Crippen molar-refractivity contribution in [3.63, 3.8) is 0 Å². The maximum absolute atomic E-state index is 12.5. The molecule has 3 aliphatic rings. The van der Waals surface area contributed by atoms with Crippen molar-refractivity contribution >= 4 is 21.8 Å². The summed E-state index contributed by atoms with van der Waals surface area (Å²) in [6, 6.07) is -0.685. The Morgan fingerprint density at radius 3 is 2.43 bits per heavy atom. The monoisotopic (exact) mass is 315 g/mol. The van der Waals surface area contributed by atoms with Crippen LogP contribution in [-0.4, -0.2) is 79.4 Å². The van der Waals surface area contributed by atoms with Gasteiger partial charge in [-0.1, -0.05) is 6.92 Å². The van der Waals surface area contributed by atoms with Crippen molar-refractivity contribution < 1.29 is 18.0 Å². The number of hydrogen-bond acceptors (Lipinski definition) is 5. The Hall–Kier alpha value is -1.15. The first-order chi connectivity index (χ1) is 9.71. The molecule has 0 spiro atoms. The van der Waals surface area contributed by atoms with Crippen molar-refractivity contribution in [3.8, 4) is 0 Å². The standard InChI is InChI=1S/C13H21N3O4S/c1-8-11-10(16(12(8)17)21(3,19)20)4-5-15(11)13(18)9-6-14(2)7-9/h8-11H,4-7H2,1-3H3/t8-,10?,11-/m0/s1. The SMILES string of the molecule is C[C@@H]1C(=O)N(S(C)(=O)=O)C2CCN(C(=O)C3CN(C)C3)[C@H]21. The van der Waals surface area contributed by atoms with Crippen LogP contribution in [0.1, 0.15) is 13.3 Å². The molecule has 3 saturated heterocycles. The van der Waals surface area contributed by atoms with Crippen LogP contribution in [0.25, 0.3) is 0 Å². The number of rotatable bonds is 2. The van der Waals surface area contributed by atoms with Gasteiger partial charge in [-0.2, -0.15) is 0 Å². The predicted octanol–water partition coefficient (Wildman–Crippen LogP) is -1.04. The lowest BCUT2D eigenvalue weighted by Crippen LogP contribution is -2.54. The summed E-state index contributed by atoms with van der Waals surface area (Å²) in [4.78, 5) is 28.6. The Morgan fingerprint density at radius 1 is 1.29 bits per heavy atom. The molecule has 0 N–H and O–H groups in total. The fraction of sp³-hybridized carbons (Fsp3) is 0.846. The lowest BCUT2D eigenvalue weighted by molar-refractivity contribution is -0.142. The van der Waals surface area contributed by atoms with E-state index in [0.717, 1.165) is 23.7 Å². The van der Waals surface area contributed by atoms with E-state index in [1.807, 2.05) is 7.05 Å². The molecule has 2 amide bonds. The topological polar surface area (TPSA) is 78.0 Å². The molecule has 0 aromatic carbocycles. The van der Waals surface area contributed by atoms with E-state index in [1.54, 1.807) is 11.8 Å². The number of amides is 2. The lowest BCUT2D eigenvalue weighted by atomic mass is 9.96. The zero-order valence-electron chi connectivity index (χ0n) is 12.5. The molecular weight excluding hydrogens is 294 g/mol. The van der Waals surface area contributed by atoms with E-state index in [1.165, 1.54) is 0 Å². The van der Waals surface area contributed by atoms with Crippen molar-refractivity contribution in [2.24, 2.45) is 11.8 Å². The highest BCUT2D eigenvalue weighted by atomic mass is 32.2. The number of nitrogens with zero attached hydrogens (tertiary/aromatic N) is 3. The van der Waals surface area contributed by atoms with Crippen molar-refractivity contribution in [2.75, 3.05) is 32.9 Å². The minimum Gasteiger partial charge on any atom is -0.336 e. The highest BCUT2D eigenvalue weighted by Gasteiger charge is 2.56. The molecule has 0 saturated carbocycles. The first-order valence-electron chi connectivity index (χ1n) is 7.24. The van der Waals surface area contributed by atoms with E-state index < -0.39 is 15.9 Å². The summed E-state index contributed by atoms with van der Waals surface area (Å²) in [7, 11) is -1.61. The molecule has 1 unspecified atom stereocenters. The molecule has 0 aromatic rings. The maximum atomic E-state index is 12.5. The number of sulfonamides is 1. The molecule has 0 bridgehead atoms. The number of hydrogen-bond donors (Lipinski definition) is 0. The summed E-state index contributed by atoms with van der Waals surface area (Å²) in [6.45, 7) is 3.75. The Kier molecular flexibility index (Phi) is 3.29. The molecule has 21 heavy (non-hydrogen) atoms. The molecule has 3 heterocycles. The van der Waals surface area contributed by atoms with Gasteiger partial charge in [-0.15, -0.1) is 0 Å². The quantitative estimate of drug-likeness (QED) is 0.650. The summed E-state index contributed by atoms with van der Waals surface area (Å²) < 4.78 is 24.7. The van der Waals surface area contributed by atoms with Crippen LogP contribution in [-0.2, 0) is 19.6 Å². The number of fused-ring (bicyclic) bond motifs is 1. The number of carbonyl (C=O) groups excluding carboxylic acids is 2. The van der Waals surface area contributed by atoms with E-state index in [9.17, 15) is 18.0 Å². The Labute approximate surface area is 124 Å². The third kappa shape index (κ3) is 2.15. The van der Waals surface area contributed by atoms with Gasteiger partial charge >= 0.3 is 0 Å². The van der Waals surface area contributed by atoms with Crippen LogP contribution < -0.4 is 0 Å². The van der Waals surface area contributed by atoms with Gasteiger partial charge in [-0.3, -0.25) is 9.59 Å². The molecule has 7 nitrogen and oxygen atoms in total. The Bertz CT molecular complexity index is 584. The van der Waals surface area contributed by atoms with Crippen LogP contribution in [0.15, 0.2) is 0 Å². The van der Waals surface area contributed by atoms with E-state index in [-0.39, 0.29) is 29.8 Å². The second-order valence-corrected chi connectivity index (χ2v) is 8.34. The fourth-order valence-corrected chi connectivity index (χ4v) is 5.14. The molecule has 3 atom stereocenters. The van der Waals surface area contributed by atoms with Crippen LogP contribution in [0.4, 0.5) is 0 Å². The zero-order chi connectivity index (χ0) is 15.5. The first-order valence-corrected chi connectivity index (χ1v) is 9.09. The van der Waals surface area contributed by atoms with Gasteiger partial charge in [0.15, 0.2) is 0 Å². The average Bonchev–Trinajstić information content (AvgIpc) is 2.85. The lowest BCUT2D eigenvalue weighted by Gasteiger charge is -2.39. The second-order valence-electron chi connectivity index (χ2n) is 6.48. The Morgan fingerprint density at radius 2 is 1.90 bits per heavy atom. The predicted molar refractivity (Wildman–Crippen MR) is 75.7 cm³/mol. The second kappa shape index (κ2) is 4.67. The molecule has 0 radical (unpaired) electrons. The third-order valence-electron chi connectivity index (χ3n) is 4.89. The van der Waals surface area contributed by atoms with Gasteiger partial charge < -0.3 is 9.80 Å². The minimum atomic E-state index is -3.57. The molecule has 3 fully saturated rings.